The summed E-state index contributed by atoms with van der Waals surface area (Å²) < 4.78 is 5.08. The van der Waals surface area contributed by atoms with Gasteiger partial charge in [0, 0.05) is 17.3 Å². The zero-order valence-electron chi connectivity index (χ0n) is 14.1. The Morgan fingerprint density at radius 2 is 1.83 bits per heavy atom. The summed E-state index contributed by atoms with van der Waals surface area (Å²) in [5.41, 5.74) is 3.16. The molecule has 24 heavy (non-hydrogen) atoms. The van der Waals surface area contributed by atoms with E-state index < -0.39 is 5.97 Å². The maximum atomic E-state index is 12.4. The largest absolute Gasteiger partial charge is 0.453 e. The molecule has 0 aliphatic heterocycles. The van der Waals surface area contributed by atoms with E-state index in [1.165, 1.54) is 19.2 Å². The number of aromatic nitrogens is 1. The van der Waals surface area contributed by atoms with Crippen molar-refractivity contribution in [1.29, 1.82) is 0 Å². The van der Waals surface area contributed by atoms with Crippen molar-refractivity contribution in [3.8, 4) is 0 Å². The van der Waals surface area contributed by atoms with Crippen LogP contribution in [0.2, 0.25) is 0 Å². The number of hydrogen-bond acceptors (Lipinski definition) is 4. The van der Waals surface area contributed by atoms with Crippen LogP contribution in [-0.2, 0) is 17.6 Å². The summed E-state index contributed by atoms with van der Waals surface area (Å²) >= 11 is 0. The van der Waals surface area contributed by atoms with Crippen LogP contribution in [0.5, 0.6) is 0 Å². The standard InChI is InChI=1S/C19H21NO4/c1-4-13-6-7-14(5-2)16(8-13)18(22)11-24-19(23)17-9-15(10-20-17)12(3)21/h6-10,20H,4-5,11H2,1-3H3. The van der Waals surface area contributed by atoms with Crippen LogP contribution in [-0.4, -0.2) is 29.1 Å². The second-order valence-electron chi connectivity index (χ2n) is 5.56. The van der Waals surface area contributed by atoms with Crippen molar-refractivity contribution in [2.45, 2.75) is 33.6 Å². The maximum Gasteiger partial charge on any atom is 0.355 e. The van der Waals surface area contributed by atoms with Gasteiger partial charge in [-0.25, -0.2) is 4.79 Å². The van der Waals surface area contributed by atoms with E-state index in [4.69, 9.17) is 4.74 Å². The summed E-state index contributed by atoms with van der Waals surface area (Å²) in [7, 11) is 0. The molecule has 0 unspecified atom stereocenters. The highest BCUT2D eigenvalue weighted by molar-refractivity contribution is 6.01. The van der Waals surface area contributed by atoms with Crippen LogP contribution < -0.4 is 0 Å². The van der Waals surface area contributed by atoms with Crippen LogP contribution in [0.15, 0.2) is 30.5 Å². The molecule has 0 aliphatic carbocycles. The highest BCUT2D eigenvalue weighted by Crippen LogP contribution is 2.15. The van der Waals surface area contributed by atoms with Gasteiger partial charge in [-0.15, -0.1) is 0 Å². The summed E-state index contributed by atoms with van der Waals surface area (Å²) in [4.78, 5) is 38.3. The Labute approximate surface area is 141 Å². The van der Waals surface area contributed by atoms with Crippen LogP contribution in [0.1, 0.15) is 63.1 Å². The zero-order chi connectivity index (χ0) is 17.7. The number of ether oxygens (including phenoxy) is 1. The fraction of sp³-hybridized carbons (Fsp3) is 0.316. The molecule has 0 fully saturated rings. The zero-order valence-corrected chi connectivity index (χ0v) is 14.1. The Kier molecular flexibility index (Phi) is 5.68. The van der Waals surface area contributed by atoms with Gasteiger partial charge in [-0.05, 0) is 43.0 Å². The van der Waals surface area contributed by atoms with E-state index in [1.807, 2.05) is 32.0 Å². The number of H-pyrrole nitrogens is 1. The predicted molar refractivity (Wildman–Crippen MR) is 90.6 cm³/mol. The lowest BCUT2D eigenvalue weighted by atomic mass is 9.98. The maximum absolute atomic E-state index is 12.4. The molecule has 0 amide bonds. The van der Waals surface area contributed by atoms with E-state index >= 15 is 0 Å². The predicted octanol–water partition coefficient (Wildman–Crippen LogP) is 3.38. The summed E-state index contributed by atoms with van der Waals surface area (Å²) in [5, 5.41) is 0. The van der Waals surface area contributed by atoms with Crippen LogP contribution in [0.3, 0.4) is 0 Å². The van der Waals surface area contributed by atoms with E-state index in [0.29, 0.717) is 11.1 Å². The quantitative estimate of drug-likeness (QED) is 0.625. The Morgan fingerprint density at radius 3 is 2.42 bits per heavy atom. The van der Waals surface area contributed by atoms with Crippen molar-refractivity contribution in [2.75, 3.05) is 6.61 Å². The first-order chi connectivity index (χ1) is 11.5. The average Bonchev–Trinajstić information content (AvgIpc) is 3.09. The second-order valence-corrected chi connectivity index (χ2v) is 5.56. The van der Waals surface area contributed by atoms with Crippen LogP contribution in [0, 0.1) is 0 Å². The molecular formula is C19H21NO4. The molecule has 2 aromatic rings. The van der Waals surface area contributed by atoms with Gasteiger partial charge in [0.05, 0.1) is 0 Å². The molecule has 0 atom stereocenters. The van der Waals surface area contributed by atoms with Gasteiger partial charge in [0.25, 0.3) is 0 Å². The van der Waals surface area contributed by atoms with E-state index in [2.05, 4.69) is 4.98 Å². The molecule has 0 saturated carbocycles. The number of hydrogen-bond donors (Lipinski definition) is 1. The van der Waals surface area contributed by atoms with Crippen LogP contribution >= 0.6 is 0 Å². The van der Waals surface area contributed by atoms with Gasteiger partial charge in [0.15, 0.2) is 12.4 Å². The highest BCUT2D eigenvalue weighted by Gasteiger charge is 2.16. The number of aryl methyl sites for hydroxylation is 2. The fourth-order valence-electron chi connectivity index (χ4n) is 2.41. The molecule has 0 radical (unpaired) electrons. The first-order valence-electron chi connectivity index (χ1n) is 7.97. The first-order valence-corrected chi connectivity index (χ1v) is 7.97. The molecule has 1 heterocycles. The molecule has 0 bridgehead atoms. The number of carbonyl (C=O) groups is 3. The fourth-order valence-corrected chi connectivity index (χ4v) is 2.41. The van der Waals surface area contributed by atoms with E-state index in [9.17, 15) is 14.4 Å². The topological polar surface area (TPSA) is 76.2 Å². The van der Waals surface area contributed by atoms with Gasteiger partial charge in [0.2, 0.25) is 5.78 Å². The third-order valence-corrected chi connectivity index (χ3v) is 3.91. The van der Waals surface area contributed by atoms with Gasteiger partial charge < -0.3 is 9.72 Å². The van der Waals surface area contributed by atoms with Crippen molar-refractivity contribution in [1.82, 2.24) is 4.98 Å². The number of Topliss-reactive ketones (excluding diaryl/α,β-unsaturated/α-hetero) is 2. The molecular weight excluding hydrogens is 306 g/mol. The molecule has 2 rings (SSSR count). The molecule has 0 aliphatic rings. The van der Waals surface area contributed by atoms with Gasteiger partial charge >= 0.3 is 5.97 Å². The number of esters is 1. The minimum Gasteiger partial charge on any atom is -0.453 e. The van der Waals surface area contributed by atoms with Crippen molar-refractivity contribution in [2.24, 2.45) is 0 Å². The Balaban J connectivity index is 2.07. The van der Waals surface area contributed by atoms with E-state index in [1.54, 1.807) is 0 Å². The average molecular weight is 327 g/mol. The molecule has 126 valence electrons. The Hall–Kier alpha value is -2.69. The molecule has 1 aromatic carbocycles. The molecule has 1 aromatic heterocycles. The number of nitrogens with one attached hydrogen (secondary N) is 1. The van der Waals surface area contributed by atoms with Crippen molar-refractivity contribution >= 4 is 17.5 Å². The summed E-state index contributed by atoms with van der Waals surface area (Å²) in [6.07, 6.45) is 3.01. The smallest absolute Gasteiger partial charge is 0.355 e. The normalized spacial score (nSPS) is 10.5. The van der Waals surface area contributed by atoms with Crippen LogP contribution in [0.25, 0.3) is 0 Å². The number of benzene rings is 1. The summed E-state index contributed by atoms with van der Waals surface area (Å²) in [6.45, 7) is 5.08. The van der Waals surface area contributed by atoms with Gasteiger partial charge in [-0.3, -0.25) is 9.59 Å². The van der Waals surface area contributed by atoms with Crippen molar-refractivity contribution in [3.63, 3.8) is 0 Å². The SMILES string of the molecule is CCc1ccc(CC)c(C(=O)COC(=O)c2cc(C(C)=O)c[nH]2)c1. The lowest BCUT2D eigenvalue weighted by Crippen LogP contribution is -2.16. The van der Waals surface area contributed by atoms with Gasteiger partial charge in [-0.2, -0.15) is 0 Å². The third kappa shape index (κ3) is 3.98. The van der Waals surface area contributed by atoms with Gasteiger partial charge in [0.1, 0.15) is 5.69 Å². The highest BCUT2D eigenvalue weighted by atomic mass is 16.5. The molecule has 0 spiro atoms. The Morgan fingerprint density at radius 1 is 1.08 bits per heavy atom. The first kappa shape index (κ1) is 17.7. The monoisotopic (exact) mass is 327 g/mol. The number of aromatic amines is 1. The molecule has 5 nitrogen and oxygen atoms in total. The second kappa shape index (κ2) is 7.73. The van der Waals surface area contributed by atoms with Crippen molar-refractivity contribution < 1.29 is 19.1 Å². The minimum absolute atomic E-state index is 0.148. The molecule has 1 N–H and O–H groups in total. The number of ketones is 2. The van der Waals surface area contributed by atoms with E-state index in [-0.39, 0.29) is 23.9 Å². The van der Waals surface area contributed by atoms with Crippen LogP contribution in [0.4, 0.5) is 0 Å². The van der Waals surface area contributed by atoms with Crippen molar-refractivity contribution in [3.05, 3.63) is 58.4 Å². The summed E-state index contributed by atoms with van der Waals surface area (Å²) in [6, 6.07) is 7.23. The van der Waals surface area contributed by atoms with Gasteiger partial charge in [-0.1, -0.05) is 26.0 Å². The lowest BCUT2D eigenvalue weighted by molar-refractivity contribution is 0.0469. The lowest BCUT2D eigenvalue weighted by Gasteiger charge is -2.09. The Bertz CT molecular complexity index is 773. The minimum atomic E-state index is -0.652. The molecule has 0 saturated heterocycles. The third-order valence-electron chi connectivity index (χ3n) is 3.91. The van der Waals surface area contributed by atoms with E-state index in [0.717, 1.165) is 24.0 Å². The summed E-state index contributed by atoms with van der Waals surface area (Å²) in [5.74, 6) is -1.03. The number of carbonyl (C=O) groups excluding carboxylic acids is 3. The number of rotatable bonds is 7. The molecule has 5 heteroatoms.